The van der Waals surface area contributed by atoms with Crippen LogP contribution in [0.1, 0.15) is 23.2 Å². The van der Waals surface area contributed by atoms with E-state index in [9.17, 15) is 4.79 Å². The molecule has 3 rings (SSSR count). The number of carbonyl (C=O) groups is 1. The molecule has 30 heavy (non-hydrogen) atoms. The van der Waals surface area contributed by atoms with E-state index in [-0.39, 0.29) is 5.91 Å². The lowest BCUT2D eigenvalue weighted by atomic mass is 10.2. The maximum absolute atomic E-state index is 12.3. The van der Waals surface area contributed by atoms with Gasteiger partial charge in [-0.2, -0.15) is 0 Å². The lowest BCUT2D eigenvalue weighted by Crippen LogP contribution is -2.08. The Hall–Kier alpha value is -3.32. The van der Waals surface area contributed by atoms with Crippen LogP contribution in [-0.2, 0) is 11.4 Å². The highest BCUT2D eigenvalue weighted by molar-refractivity contribution is 7.09. The van der Waals surface area contributed by atoms with Crippen molar-refractivity contribution in [3.8, 4) is 17.2 Å². The van der Waals surface area contributed by atoms with Crippen molar-refractivity contribution in [1.29, 1.82) is 0 Å². The van der Waals surface area contributed by atoms with Gasteiger partial charge in [-0.1, -0.05) is 12.1 Å². The van der Waals surface area contributed by atoms with Crippen molar-refractivity contribution in [2.75, 3.05) is 19.0 Å². The third-order valence-electron chi connectivity index (χ3n) is 4.07. The van der Waals surface area contributed by atoms with E-state index in [4.69, 9.17) is 14.2 Å². The minimum Gasteiger partial charge on any atom is -0.493 e. The zero-order chi connectivity index (χ0) is 21.3. The summed E-state index contributed by atoms with van der Waals surface area (Å²) in [6.45, 7) is 4.82. The van der Waals surface area contributed by atoms with E-state index in [1.165, 1.54) is 6.08 Å². The van der Waals surface area contributed by atoms with Crippen LogP contribution in [0.5, 0.6) is 17.2 Å². The van der Waals surface area contributed by atoms with Gasteiger partial charge in [-0.05, 0) is 49.8 Å². The lowest BCUT2D eigenvalue weighted by molar-refractivity contribution is -0.111. The highest BCUT2D eigenvalue weighted by Gasteiger charge is 2.07. The molecule has 0 fully saturated rings. The Balaban J connectivity index is 1.59. The summed E-state index contributed by atoms with van der Waals surface area (Å²) >= 11 is 1.60. The Kier molecular flexibility index (Phi) is 7.45. The van der Waals surface area contributed by atoms with Gasteiger partial charge in [-0.3, -0.25) is 4.79 Å². The largest absolute Gasteiger partial charge is 0.493 e. The third-order valence-corrected chi connectivity index (χ3v) is 4.89. The molecule has 0 aliphatic heterocycles. The summed E-state index contributed by atoms with van der Waals surface area (Å²) in [5.74, 6) is 1.68. The maximum atomic E-state index is 12.3. The number of hydrogen-bond acceptors (Lipinski definition) is 6. The summed E-state index contributed by atoms with van der Waals surface area (Å²) in [5.41, 5.74) is 2.39. The van der Waals surface area contributed by atoms with Crippen LogP contribution in [0.4, 0.5) is 5.69 Å². The first-order valence-corrected chi connectivity index (χ1v) is 10.4. The minimum atomic E-state index is -0.245. The molecule has 0 bridgehead atoms. The highest BCUT2D eigenvalue weighted by Crippen LogP contribution is 2.30. The number of carbonyl (C=O) groups excluding carboxylic acids is 1. The molecule has 0 unspecified atom stereocenters. The van der Waals surface area contributed by atoms with Crippen molar-refractivity contribution in [2.45, 2.75) is 20.5 Å². The van der Waals surface area contributed by atoms with E-state index in [1.54, 1.807) is 42.7 Å². The molecule has 6 nitrogen and oxygen atoms in total. The normalized spacial score (nSPS) is 10.8. The summed E-state index contributed by atoms with van der Waals surface area (Å²) < 4.78 is 16.6. The second kappa shape index (κ2) is 10.5. The monoisotopic (exact) mass is 424 g/mol. The van der Waals surface area contributed by atoms with E-state index < -0.39 is 0 Å². The number of aromatic nitrogens is 1. The number of aryl methyl sites for hydroxylation is 1. The minimum absolute atomic E-state index is 0.245. The number of methoxy groups -OCH3 is 1. The summed E-state index contributed by atoms with van der Waals surface area (Å²) in [7, 11) is 1.56. The summed E-state index contributed by atoms with van der Waals surface area (Å²) in [5, 5.41) is 5.82. The molecule has 3 aromatic rings. The fourth-order valence-corrected chi connectivity index (χ4v) is 3.31. The van der Waals surface area contributed by atoms with Crippen molar-refractivity contribution in [3.63, 3.8) is 0 Å². The quantitative estimate of drug-likeness (QED) is 0.485. The first kappa shape index (κ1) is 21.4. The summed E-state index contributed by atoms with van der Waals surface area (Å²) in [4.78, 5) is 16.7. The Morgan fingerprint density at radius 2 is 2.03 bits per heavy atom. The molecule has 156 valence electrons. The summed E-state index contributed by atoms with van der Waals surface area (Å²) in [6.07, 6.45) is 3.22. The molecule has 0 spiro atoms. The molecule has 0 radical (unpaired) electrons. The van der Waals surface area contributed by atoms with Crippen molar-refractivity contribution in [2.24, 2.45) is 0 Å². The number of anilines is 1. The zero-order valence-corrected chi connectivity index (χ0v) is 18.0. The predicted octanol–water partition coefficient (Wildman–Crippen LogP) is 5.09. The van der Waals surface area contributed by atoms with Crippen LogP contribution in [0.2, 0.25) is 0 Å². The maximum Gasteiger partial charge on any atom is 0.248 e. The van der Waals surface area contributed by atoms with Crippen LogP contribution >= 0.6 is 11.3 Å². The number of ether oxygens (including phenoxy) is 3. The van der Waals surface area contributed by atoms with Gasteiger partial charge in [0, 0.05) is 23.2 Å². The van der Waals surface area contributed by atoms with E-state index >= 15 is 0 Å². The number of benzene rings is 2. The molecule has 0 atom stereocenters. The fourth-order valence-electron chi connectivity index (χ4n) is 2.72. The second-order valence-corrected chi connectivity index (χ2v) is 7.40. The topological polar surface area (TPSA) is 69.7 Å². The Bertz CT molecular complexity index is 1030. The van der Waals surface area contributed by atoms with Gasteiger partial charge in [0.15, 0.2) is 11.5 Å². The van der Waals surface area contributed by atoms with Crippen LogP contribution < -0.4 is 19.5 Å². The van der Waals surface area contributed by atoms with E-state index in [2.05, 4.69) is 10.3 Å². The molecule has 1 heterocycles. The second-order valence-electron chi connectivity index (χ2n) is 6.34. The van der Waals surface area contributed by atoms with Gasteiger partial charge in [-0.25, -0.2) is 4.98 Å². The third kappa shape index (κ3) is 6.09. The van der Waals surface area contributed by atoms with Gasteiger partial charge in [0.05, 0.1) is 24.4 Å². The lowest BCUT2D eigenvalue weighted by Gasteiger charge is -2.11. The molecule has 1 N–H and O–H groups in total. The van der Waals surface area contributed by atoms with Gasteiger partial charge in [0.25, 0.3) is 0 Å². The van der Waals surface area contributed by atoms with Gasteiger partial charge in [-0.15, -0.1) is 11.3 Å². The molecule has 1 amide bonds. The zero-order valence-electron chi connectivity index (χ0n) is 17.2. The van der Waals surface area contributed by atoms with Crippen molar-refractivity contribution >= 4 is 29.0 Å². The number of rotatable bonds is 9. The standard InChI is InChI=1S/C23H24N2O4S/c1-4-28-21-10-9-18(13-22(21)27-3)25-23(26)11-8-17-6-5-7-20(12-17)29-14-19-15-30-16(2)24-19/h5-13,15H,4,14H2,1-3H3,(H,25,26)/b11-8+. The number of amides is 1. The smallest absolute Gasteiger partial charge is 0.248 e. The highest BCUT2D eigenvalue weighted by atomic mass is 32.1. The first-order chi connectivity index (χ1) is 14.6. The van der Waals surface area contributed by atoms with Crippen molar-refractivity contribution in [3.05, 3.63) is 70.2 Å². The SMILES string of the molecule is CCOc1ccc(NC(=O)/C=C/c2cccc(OCc3csc(C)n3)c2)cc1OC. The molecule has 2 aromatic carbocycles. The molecule has 1 aromatic heterocycles. The molecular formula is C23H24N2O4S. The Morgan fingerprint density at radius 1 is 1.17 bits per heavy atom. The van der Waals surface area contributed by atoms with Crippen LogP contribution in [0.25, 0.3) is 6.08 Å². The van der Waals surface area contributed by atoms with E-state index in [1.807, 2.05) is 43.5 Å². The average molecular weight is 425 g/mol. The predicted molar refractivity (Wildman–Crippen MR) is 119 cm³/mol. The van der Waals surface area contributed by atoms with Crippen LogP contribution in [0, 0.1) is 6.92 Å². The van der Waals surface area contributed by atoms with Gasteiger partial charge in [0.1, 0.15) is 12.4 Å². The molecule has 0 saturated heterocycles. The molecule has 0 saturated carbocycles. The molecular weight excluding hydrogens is 400 g/mol. The van der Waals surface area contributed by atoms with Crippen molar-refractivity contribution in [1.82, 2.24) is 4.98 Å². The fraction of sp³-hybridized carbons (Fsp3) is 0.217. The Labute approximate surface area is 180 Å². The molecule has 7 heteroatoms. The Morgan fingerprint density at radius 3 is 2.77 bits per heavy atom. The van der Waals surface area contributed by atoms with Crippen LogP contribution in [-0.4, -0.2) is 24.6 Å². The van der Waals surface area contributed by atoms with Crippen LogP contribution in [0.15, 0.2) is 53.9 Å². The van der Waals surface area contributed by atoms with E-state index in [0.29, 0.717) is 30.4 Å². The number of nitrogens with one attached hydrogen (secondary N) is 1. The van der Waals surface area contributed by atoms with Gasteiger partial charge >= 0.3 is 0 Å². The average Bonchev–Trinajstić information content (AvgIpc) is 3.17. The number of thiazole rings is 1. The first-order valence-electron chi connectivity index (χ1n) is 9.51. The van der Waals surface area contributed by atoms with Gasteiger partial charge < -0.3 is 19.5 Å². The van der Waals surface area contributed by atoms with Gasteiger partial charge in [0.2, 0.25) is 5.91 Å². The summed E-state index contributed by atoms with van der Waals surface area (Å²) in [6, 6.07) is 12.8. The number of hydrogen-bond donors (Lipinski definition) is 1. The molecule has 0 aliphatic carbocycles. The molecule has 0 aliphatic rings. The van der Waals surface area contributed by atoms with Crippen LogP contribution in [0.3, 0.4) is 0 Å². The number of nitrogens with zero attached hydrogens (tertiary/aromatic N) is 1. The van der Waals surface area contributed by atoms with E-state index in [0.717, 1.165) is 22.0 Å². The van der Waals surface area contributed by atoms with Crippen molar-refractivity contribution < 1.29 is 19.0 Å².